The molecule has 0 fully saturated rings. The third kappa shape index (κ3) is 4.81. The molecule has 2 amide bonds. The highest BCUT2D eigenvalue weighted by Gasteiger charge is 2.18. The highest BCUT2D eigenvalue weighted by molar-refractivity contribution is 5.82. The molecule has 4 N–H and O–H groups in total. The van der Waals surface area contributed by atoms with Gasteiger partial charge in [-0.3, -0.25) is 0 Å². The Morgan fingerprint density at radius 3 is 2.50 bits per heavy atom. The van der Waals surface area contributed by atoms with Gasteiger partial charge in [0.25, 0.3) is 0 Å². The fourth-order valence-corrected chi connectivity index (χ4v) is 1.43. The van der Waals surface area contributed by atoms with E-state index in [1.807, 2.05) is 0 Å². The molecule has 1 aromatic rings. The number of carbonyl (C=O) groups excluding carboxylic acids is 1. The average molecular weight is 288 g/mol. The Morgan fingerprint density at radius 2 is 1.95 bits per heavy atom. The van der Waals surface area contributed by atoms with Crippen LogP contribution < -0.4 is 10.6 Å². The molecule has 0 aliphatic heterocycles. The molecule has 20 heavy (non-hydrogen) atoms. The van der Waals surface area contributed by atoms with Gasteiger partial charge in [-0.15, -0.1) is 0 Å². The quantitative estimate of drug-likeness (QED) is 0.616. The molecule has 1 atom stereocenters. The summed E-state index contributed by atoms with van der Waals surface area (Å²) in [6.45, 7) is -0.477. The highest BCUT2D eigenvalue weighted by atomic mass is 19.2. The zero-order valence-electron chi connectivity index (χ0n) is 10.4. The van der Waals surface area contributed by atoms with Gasteiger partial charge in [0.1, 0.15) is 6.04 Å². The molecule has 0 bridgehead atoms. The number of aliphatic carboxylic acids is 1. The smallest absolute Gasteiger partial charge is 0.326 e. The Balaban J connectivity index is 2.50. The average Bonchev–Trinajstić information content (AvgIpc) is 2.39. The summed E-state index contributed by atoms with van der Waals surface area (Å²) in [7, 11) is 0. The molecule has 0 saturated heterocycles. The molecule has 6 nitrogen and oxygen atoms in total. The summed E-state index contributed by atoms with van der Waals surface area (Å²) in [5, 5.41) is 21.9. The van der Waals surface area contributed by atoms with Crippen molar-refractivity contribution in [3.63, 3.8) is 0 Å². The van der Waals surface area contributed by atoms with Crippen molar-refractivity contribution in [1.29, 1.82) is 0 Å². The van der Waals surface area contributed by atoms with Crippen LogP contribution in [0.15, 0.2) is 18.2 Å². The molecule has 1 unspecified atom stereocenters. The van der Waals surface area contributed by atoms with Gasteiger partial charge in [-0.05, 0) is 17.7 Å². The van der Waals surface area contributed by atoms with Gasteiger partial charge in [-0.1, -0.05) is 6.07 Å². The van der Waals surface area contributed by atoms with Crippen molar-refractivity contribution < 1.29 is 28.6 Å². The largest absolute Gasteiger partial charge is 0.480 e. The summed E-state index contributed by atoms with van der Waals surface area (Å²) in [6.07, 6.45) is -0.131. The lowest BCUT2D eigenvalue weighted by Crippen LogP contribution is -2.46. The lowest BCUT2D eigenvalue weighted by atomic mass is 10.2. The molecule has 0 radical (unpaired) electrons. The van der Waals surface area contributed by atoms with Crippen LogP contribution >= 0.6 is 0 Å². The van der Waals surface area contributed by atoms with Crippen LogP contribution in [0.4, 0.5) is 13.6 Å². The fourth-order valence-electron chi connectivity index (χ4n) is 1.43. The van der Waals surface area contributed by atoms with E-state index < -0.39 is 29.7 Å². The van der Waals surface area contributed by atoms with Gasteiger partial charge < -0.3 is 20.8 Å². The van der Waals surface area contributed by atoms with E-state index in [0.29, 0.717) is 5.56 Å². The van der Waals surface area contributed by atoms with E-state index in [1.54, 1.807) is 0 Å². The first-order valence-corrected chi connectivity index (χ1v) is 5.76. The molecule has 1 rings (SSSR count). The second-order valence-electron chi connectivity index (χ2n) is 3.98. The maximum Gasteiger partial charge on any atom is 0.326 e. The molecule has 0 saturated carbocycles. The number of carboxylic acids is 1. The third-order valence-corrected chi connectivity index (χ3v) is 2.46. The molecular weight excluding hydrogens is 274 g/mol. The van der Waals surface area contributed by atoms with Crippen LogP contribution in [-0.2, 0) is 11.3 Å². The predicted molar refractivity (Wildman–Crippen MR) is 64.9 cm³/mol. The number of aliphatic hydroxyl groups excluding tert-OH is 1. The standard InChI is InChI=1S/C12H14F2N2O4/c13-8-2-1-7(5-9(8)14)6-15-12(20)16-10(3-4-17)11(18)19/h1-2,5,10,17H,3-4,6H2,(H,18,19)(H2,15,16,20). The van der Waals surface area contributed by atoms with Crippen molar-refractivity contribution in [2.75, 3.05) is 6.61 Å². The third-order valence-electron chi connectivity index (χ3n) is 2.46. The van der Waals surface area contributed by atoms with Crippen molar-refractivity contribution in [3.05, 3.63) is 35.4 Å². The first kappa shape index (κ1) is 15.8. The number of benzene rings is 1. The van der Waals surface area contributed by atoms with E-state index in [9.17, 15) is 18.4 Å². The van der Waals surface area contributed by atoms with E-state index in [2.05, 4.69) is 10.6 Å². The second kappa shape index (κ2) is 7.39. The molecule has 8 heteroatoms. The maximum atomic E-state index is 12.9. The number of carbonyl (C=O) groups is 2. The summed E-state index contributed by atoms with van der Waals surface area (Å²) in [4.78, 5) is 22.2. The Kier molecular flexibility index (Phi) is 5.85. The Labute approximate surface area is 113 Å². The highest BCUT2D eigenvalue weighted by Crippen LogP contribution is 2.08. The van der Waals surface area contributed by atoms with Gasteiger partial charge in [0, 0.05) is 19.6 Å². The van der Waals surface area contributed by atoms with E-state index in [0.717, 1.165) is 12.1 Å². The topological polar surface area (TPSA) is 98.7 Å². The molecule has 0 spiro atoms. The number of aliphatic hydroxyl groups is 1. The van der Waals surface area contributed by atoms with Gasteiger partial charge >= 0.3 is 12.0 Å². The summed E-state index contributed by atoms with van der Waals surface area (Å²) in [5.74, 6) is -3.30. The van der Waals surface area contributed by atoms with Crippen molar-refractivity contribution in [3.8, 4) is 0 Å². The van der Waals surface area contributed by atoms with Crippen LogP contribution in [0, 0.1) is 11.6 Å². The van der Waals surface area contributed by atoms with Crippen molar-refractivity contribution >= 4 is 12.0 Å². The van der Waals surface area contributed by atoms with E-state index in [4.69, 9.17) is 10.2 Å². The predicted octanol–water partition coefficient (Wildman–Crippen LogP) is 0.600. The van der Waals surface area contributed by atoms with Gasteiger partial charge in [0.15, 0.2) is 11.6 Å². The van der Waals surface area contributed by atoms with Gasteiger partial charge in [0.2, 0.25) is 0 Å². The number of halogens is 2. The van der Waals surface area contributed by atoms with Crippen LogP contribution in [0.2, 0.25) is 0 Å². The molecular formula is C12H14F2N2O4. The zero-order chi connectivity index (χ0) is 15.1. The molecule has 0 heterocycles. The number of carboxylic acid groups (broad SMARTS) is 1. The van der Waals surface area contributed by atoms with Crippen LogP contribution in [0.3, 0.4) is 0 Å². The normalized spacial score (nSPS) is 11.8. The minimum absolute atomic E-state index is 0.0888. The zero-order valence-corrected chi connectivity index (χ0v) is 10.4. The van der Waals surface area contributed by atoms with Crippen molar-refractivity contribution in [2.24, 2.45) is 0 Å². The van der Waals surface area contributed by atoms with Crippen molar-refractivity contribution in [1.82, 2.24) is 10.6 Å². The molecule has 0 aromatic heterocycles. The SMILES string of the molecule is O=C(NCc1ccc(F)c(F)c1)NC(CCO)C(=O)O. The van der Waals surface area contributed by atoms with E-state index >= 15 is 0 Å². The summed E-state index contributed by atoms with van der Waals surface area (Å²) in [6, 6.07) is 1.15. The Hall–Kier alpha value is -2.22. The molecule has 110 valence electrons. The molecule has 0 aliphatic rings. The first-order chi connectivity index (χ1) is 9.43. The number of amides is 2. The van der Waals surface area contributed by atoms with Crippen LogP contribution in [0.5, 0.6) is 0 Å². The number of nitrogens with one attached hydrogen (secondary N) is 2. The minimum atomic E-state index is -1.28. The van der Waals surface area contributed by atoms with E-state index in [-0.39, 0.29) is 19.6 Å². The van der Waals surface area contributed by atoms with Gasteiger partial charge in [0.05, 0.1) is 0 Å². The first-order valence-electron chi connectivity index (χ1n) is 5.76. The lowest BCUT2D eigenvalue weighted by molar-refractivity contribution is -0.139. The summed E-state index contributed by atoms with van der Waals surface area (Å²) in [5.41, 5.74) is 0.327. The lowest BCUT2D eigenvalue weighted by Gasteiger charge is -2.14. The van der Waals surface area contributed by atoms with Gasteiger partial charge in [-0.2, -0.15) is 0 Å². The second-order valence-corrected chi connectivity index (χ2v) is 3.98. The summed E-state index contributed by atoms with van der Waals surface area (Å²) >= 11 is 0. The Bertz CT molecular complexity index is 496. The maximum absolute atomic E-state index is 12.9. The Morgan fingerprint density at radius 1 is 1.25 bits per heavy atom. The number of urea groups is 1. The van der Waals surface area contributed by atoms with Crippen molar-refractivity contribution in [2.45, 2.75) is 19.0 Å². The fraction of sp³-hybridized carbons (Fsp3) is 0.333. The molecule has 1 aromatic carbocycles. The summed E-state index contributed by atoms with van der Waals surface area (Å²) < 4.78 is 25.6. The molecule has 0 aliphatic carbocycles. The number of hydrogen-bond donors (Lipinski definition) is 4. The number of hydrogen-bond acceptors (Lipinski definition) is 3. The number of rotatable bonds is 6. The monoisotopic (exact) mass is 288 g/mol. The van der Waals surface area contributed by atoms with Crippen LogP contribution in [-0.4, -0.2) is 34.9 Å². The van der Waals surface area contributed by atoms with Crippen LogP contribution in [0.1, 0.15) is 12.0 Å². The van der Waals surface area contributed by atoms with E-state index in [1.165, 1.54) is 6.07 Å². The van der Waals surface area contributed by atoms with Crippen LogP contribution in [0.25, 0.3) is 0 Å². The minimum Gasteiger partial charge on any atom is -0.480 e. The van der Waals surface area contributed by atoms with Gasteiger partial charge in [-0.25, -0.2) is 18.4 Å².